The number of fused-ring (bicyclic) bond motifs is 3. The first kappa shape index (κ1) is 19.0. The van der Waals surface area contributed by atoms with E-state index in [4.69, 9.17) is 4.74 Å². The Morgan fingerprint density at radius 1 is 1.04 bits per heavy atom. The van der Waals surface area contributed by atoms with Gasteiger partial charge < -0.3 is 14.5 Å². The number of likely N-dealkylation sites (tertiary alicyclic amines) is 1. The minimum absolute atomic E-state index is 0.119. The minimum Gasteiger partial charge on any atom is -0.450 e. The van der Waals surface area contributed by atoms with Crippen LogP contribution >= 0.6 is 0 Å². The van der Waals surface area contributed by atoms with Crippen molar-refractivity contribution in [3.63, 3.8) is 0 Å². The average molecular weight is 378 g/mol. The number of hydrogen-bond acceptors (Lipinski definition) is 4. The van der Waals surface area contributed by atoms with E-state index in [9.17, 15) is 9.59 Å². The molecule has 4 rings (SSSR count). The second-order valence-corrected chi connectivity index (χ2v) is 9.14. The van der Waals surface area contributed by atoms with Gasteiger partial charge in [0.25, 0.3) is 0 Å². The highest BCUT2D eigenvalue weighted by atomic mass is 16.6. The summed E-state index contributed by atoms with van der Waals surface area (Å²) in [7, 11) is 0. The molecule has 0 aromatic carbocycles. The van der Waals surface area contributed by atoms with Gasteiger partial charge in [-0.3, -0.25) is 9.69 Å². The largest absolute Gasteiger partial charge is 0.450 e. The molecule has 0 aromatic heterocycles. The van der Waals surface area contributed by atoms with Crippen LogP contribution in [0.3, 0.4) is 0 Å². The molecule has 6 nitrogen and oxygen atoms in total. The number of carbonyl (C=O) groups is 2. The van der Waals surface area contributed by atoms with Crippen LogP contribution in [0.25, 0.3) is 0 Å². The minimum atomic E-state index is -0.119. The summed E-state index contributed by atoms with van der Waals surface area (Å²) in [5, 5.41) is 0. The molecule has 3 aliphatic heterocycles. The number of hydrogen-bond donors (Lipinski definition) is 0. The Morgan fingerprint density at radius 3 is 2.11 bits per heavy atom. The molecule has 3 saturated heterocycles. The van der Waals surface area contributed by atoms with Gasteiger partial charge in [-0.1, -0.05) is 0 Å². The monoisotopic (exact) mass is 377 g/mol. The third kappa shape index (κ3) is 3.24. The lowest BCUT2D eigenvalue weighted by atomic mass is 9.96. The molecule has 1 saturated carbocycles. The van der Waals surface area contributed by atoms with Gasteiger partial charge in [0.05, 0.1) is 6.61 Å². The Labute approximate surface area is 163 Å². The lowest BCUT2D eigenvalue weighted by molar-refractivity contribution is -0.135. The first-order chi connectivity index (χ1) is 13.0. The van der Waals surface area contributed by atoms with Crippen LogP contribution in [0.5, 0.6) is 0 Å². The summed E-state index contributed by atoms with van der Waals surface area (Å²) in [6.45, 7) is 11.6. The van der Waals surface area contributed by atoms with Gasteiger partial charge in [0, 0.05) is 49.7 Å². The second kappa shape index (κ2) is 7.26. The molecule has 4 unspecified atom stereocenters. The first-order valence-corrected chi connectivity index (χ1v) is 11.0. The molecular formula is C21H35N3O3. The molecule has 4 aliphatic rings. The van der Waals surface area contributed by atoms with Crippen LogP contribution in [-0.4, -0.2) is 77.1 Å². The Bertz CT molecular complexity index is 569. The molecule has 0 radical (unpaired) electrons. The van der Waals surface area contributed by atoms with E-state index in [0.717, 1.165) is 45.3 Å². The summed E-state index contributed by atoms with van der Waals surface area (Å²) >= 11 is 0. The number of amides is 2. The van der Waals surface area contributed by atoms with Gasteiger partial charge >= 0.3 is 6.09 Å². The van der Waals surface area contributed by atoms with Crippen molar-refractivity contribution < 1.29 is 14.3 Å². The number of carbonyl (C=O) groups excluding carboxylic acids is 2. The number of nitrogens with zero attached hydrogens (tertiary/aromatic N) is 3. The van der Waals surface area contributed by atoms with Gasteiger partial charge in [0.2, 0.25) is 5.91 Å². The molecule has 4 atom stereocenters. The summed E-state index contributed by atoms with van der Waals surface area (Å²) in [4.78, 5) is 31.8. The van der Waals surface area contributed by atoms with E-state index in [2.05, 4.69) is 25.7 Å². The summed E-state index contributed by atoms with van der Waals surface area (Å²) in [6.07, 6.45) is 4.25. The van der Waals surface area contributed by atoms with Crippen LogP contribution < -0.4 is 0 Å². The van der Waals surface area contributed by atoms with Crippen molar-refractivity contribution in [2.24, 2.45) is 17.8 Å². The maximum absolute atomic E-state index is 12.8. The van der Waals surface area contributed by atoms with E-state index in [1.54, 1.807) is 0 Å². The van der Waals surface area contributed by atoms with Gasteiger partial charge in [0.1, 0.15) is 0 Å². The molecule has 0 spiro atoms. The molecule has 152 valence electrons. The van der Waals surface area contributed by atoms with Crippen molar-refractivity contribution in [1.29, 1.82) is 0 Å². The summed E-state index contributed by atoms with van der Waals surface area (Å²) in [5.74, 6) is 1.76. The van der Waals surface area contributed by atoms with E-state index in [1.165, 1.54) is 0 Å². The van der Waals surface area contributed by atoms with Gasteiger partial charge in [-0.2, -0.15) is 0 Å². The molecule has 3 heterocycles. The number of piperidine rings is 2. The zero-order valence-corrected chi connectivity index (χ0v) is 17.3. The third-order valence-electron chi connectivity index (χ3n) is 7.46. The van der Waals surface area contributed by atoms with Crippen molar-refractivity contribution in [3.8, 4) is 0 Å². The third-order valence-corrected chi connectivity index (χ3v) is 7.46. The topological polar surface area (TPSA) is 53.1 Å². The fraction of sp³-hybridized carbons (Fsp3) is 0.905. The maximum Gasteiger partial charge on any atom is 0.410 e. The smallest absolute Gasteiger partial charge is 0.410 e. The van der Waals surface area contributed by atoms with E-state index in [1.807, 2.05) is 16.7 Å². The molecule has 0 aromatic rings. The zero-order valence-electron chi connectivity index (χ0n) is 17.3. The Balaban J connectivity index is 1.32. The molecule has 1 aliphatic carbocycles. The van der Waals surface area contributed by atoms with E-state index in [-0.39, 0.29) is 12.0 Å². The highest BCUT2D eigenvalue weighted by Gasteiger charge is 2.61. The first-order valence-electron chi connectivity index (χ1n) is 11.0. The summed E-state index contributed by atoms with van der Waals surface area (Å²) in [6, 6.07) is 1.56. The van der Waals surface area contributed by atoms with Crippen LogP contribution in [0.15, 0.2) is 0 Å². The molecule has 2 bridgehead atoms. The normalized spacial score (nSPS) is 37.4. The fourth-order valence-corrected chi connectivity index (χ4v) is 6.13. The predicted octanol–water partition coefficient (Wildman–Crippen LogP) is 2.57. The average Bonchev–Trinajstić information content (AvgIpc) is 2.99. The second-order valence-electron chi connectivity index (χ2n) is 9.14. The SMILES string of the molecule is CCOC(=O)N1C2CCC1CC(N1CC3C(C1)C3C(=O)N(CC)C(C)C)C2. The maximum atomic E-state index is 12.8. The van der Waals surface area contributed by atoms with Crippen LogP contribution in [-0.2, 0) is 9.53 Å². The van der Waals surface area contributed by atoms with Crippen molar-refractivity contribution in [2.45, 2.75) is 77.5 Å². The highest BCUT2D eigenvalue weighted by molar-refractivity contribution is 5.83. The molecule has 2 amide bonds. The highest BCUT2D eigenvalue weighted by Crippen LogP contribution is 2.54. The predicted molar refractivity (Wildman–Crippen MR) is 103 cm³/mol. The van der Waals surface area contributed by atoms with Crippen LogP contribution in [0, 0.1) is 17.8 Å². The molecule has 0 N–H and O–H groups in total. The Kier molecular flexibility index (Phi) is 5.12. The van der Waals surface area contributed by atoms with Crippen LogP contribution in [0.2, 0.25) is 0 Å². The van der Waals surface area contributed by atoms with Crippen LogP contribution in [0.4, 0.5) is 4.79 Å². The van der Waals surface area contributed by atoms with Gasteiger partial charge in [0.15, 0.2) is 0 Å². The standard InChI is InChI=1S/C21H35N3O3/c1-5-23(13(3)4)20(25)19-17-11-22(12-18(17)19)16-9-14-7-8-15(10-16)24(14)21(26)27-6-2/h13-19H,5-12H2,1-4H3. The van der Waals surface area contributed by atoms with Crippen LogP contribution in [0.1, 0.15) is 53.4 Å². The molecule has 6 heteroatoms. The lowest BCUT2D eigenvalue weighted by Crippen LogP contribution is -2.53. The molecule has 4 fully saturated rings. The quantitative estimate of drug-likeness (QED) is 0.739. The molecular weight excluding hydrogens is 342 g/mol. The summed E-state index contributed by atoms with van der Waals surface area (Å²) < 4.78 is 5.27. The van der Waals surface area contributed by atoms with Crippen molar-refractivity contribution in [3.05, 3.63) is 0 Å². The van der Waals surface area contributed by atoms with Gasteiger partial charge in [-0.15, -0.1) is 0 Å². The Hall–Kier alpha value is -1.30. The van der Waals surface area contributed by atoms with Crippen molar-refractivity contribution in [2.75, 3.05) is 26.2 Å². The van der Waals surface area contributed by atoms with Gasteiger partial charge in [-0.05, 0) is 65.2 Å². The number of ether oxygens (including phenoxy) is 1. The van der Waals surface area contributed by atoms with Crippen molar-refractivity contribution in [1.82, 2.24) is 14.7 Å². The van der Waals surface area contributed by atoms with Crippen molar-refractivity contribution >= 4 is 12.0 Å². The van der Waals surface area contributed by atoms with E-state index < -0.39 is 0 Å². The lowest BCUT2D eigenvalue weighted by Gasteiger charge is -2.42. The zero-order chi connectivity index (χ0) is 19.3. The summed E-state index contributed by atoms with van der Waals surface area (Å²) in [5.41, 5.74) is 0. The van der Waals surface area contributed by atoms with E-state index >= 15 is 0 Å². The Morgan fingerprint density at radius 2 is 1.63 bits per heavy atom. The fourth-order valence-electron chi connectivity index (χ4n) is 6.13. The van der Waals surface area contributed by atoms with E-state index in [0.29, 0.717) is 48.5 Å². The van der Waals surface area contributed by atoms with Gasteiger partial charge in [-0.25, -0.2) is 4.79 Å². The molecule has 27 heavy (non-hydrogen) atoms. The number of rotatable bonds is 5.